The van der Waals surface area contributed by atoms with Gasteiger partial charge in [0.2, 0.25) is 10.0 Å². The summed E-state index contributed by atoms with van der Waals surface area (Å²) < 4.78 is 34.1. The minimum atomic E-state index is -3.50. The van der Waals surface area contributed by atoms with Gasteiger partial charge >= 0.3 is 0 Å². The average Bonchev–Trinajstić information content (AvgIpc) is 2.83. The molecule has 0 unspecified atom stereocenters. The van der Waals surface area contributed by atoms with Crippen molar-refractivity contribution in [3.63, 3.8) is 0 Å². The lowest BCUT2D eigenvalue weighted by molar-refractivity contribution is 0.171. The number of sulfonamides is 1. The highest BCUT2D eigenvalue weighted by Crippen LogP contribution is 2.21. The van der Waals surface area contributed by atoms with Crippen molar-refractivity contribution in [1.29, 1.82) is 0 Å². The van der Waals surface area contributed by atoms with Crippen LogP contribution >= 0.6 is 0 Å². The first-order valence-electron chi connectivity index (χ1n) is 7.22. The van der Waals surface area contributed by atoms with E-state index in [1.165, 1.54) is 4.31 Å². The summed E-state index contributed by atoms with van der Waals surface area (Å²) in [5.41, 5.74) is 0.967. The van der Waals surface area contributed by atoms with Gasteiger partial charge in [-0.2, -0.15) is 4.31 Å². The fourth-order valence-corrected chi connectivity index (χ4v) is 3.95. The zero-order chi connectivity index (χ0) is 16.0. The van der Waals surface area contributed by atoms with E-state index >= 15 is 0 Å². The highest BCUT2D eigenvalue weighted by molar-refractivity contribution is 7.89. The van der Waals surface area contributed by atoms with Gasteiger partial charge in [0.05, 0.1) is 6.61 Å². The average molecular weight is 317 g/mol. The van der Waals surface area contributed by atoms with E-state index in [-0.39, 0.29) is 6.04 Å². The SMILES string of the molecule is CCn1cc(S(=O)(=O)N(CCOC)C(C)C)cc1CNC. The van der Waals surface area contributed by atoms with Crippen LogP contribution in [0.4, 0.5) is 0 Å². The molecule has 1 aromatic rings. The van der Waals surface area contributed by atoms with Crippen molar-refractivity contribution in [2.45, 2.75) is 44.8 Å². The second kappa shape index (κ2) is 7.93. The molecule has 1 rings (SSSR count). The molecule has 0 spiro atoms. The molecular weight excluding hydrogens is 290 g/mol. The molecule has 21 heavy (non-hydrogen) atoms. The molecule has 7 heteroatoms. The zero-order valence-corrected chi connectivity index (χ0v) is 14.4. The fourth-order valence-electron chi connectivity index (χ4n) is 2.26. The van der Waals surface area contributed by atoms with Crippen molar-refractivity contribution in [3.05, 3.63) is 18.0 Å². The van der Waals surface area contributed by atoms with Crippen LogP contribution < -0.4 is 5.32 Å². The van der Waals surface area contributed by atoms with Crippen LogP contribution in [0.2, 0.25) is 0 Å². The standard InChI is InChI=1S/C14H27N3O3S/c1-6-16-11-14(9-13(16)10-15-4)21(18,19)17(12(2)3)7-8-20-5/h9,11-12,15H,6-8,10H2,1-5H3. The fraction of sp³-hybridized carbons (Fsp3) is 0.714. The number of methoxy groups -OCH3 is 1. The van der Waals surface area contributed by atoms with Crippen molar-refractivity contribution >= 4 is 10.0 Å². The molecule has 122 valence electrons. The van der Waals surface area contributed by atoms with Crippen molar-refractivity contribution in [2.24, 2.45) is 0 Å². The summed E-state index contributed by atoms with van der Waals surface area (Å²) in [7, 11) is -0.0774. The summed E-state index contributed by atoms with van der Waals surface area (Å²) in [5, 5.41) is 3.06. The third-order valence-electron chi connectivity index (χ3n) is 3.36. The van der Waals surface area contributed by atoms with Crippen LogP contribution in [0, 0.1) is 0 Å². The van der Waals surface area contributed by atoms with Crippen LogP contribution in [0.1, 0.15) is 26.5 Å². The smallest absolute Gasteiger partial charge is 0.244 e. The lowest BCUT2D eigenvalue weighted by Gasteiger charge is -2.25. The summed E-state index contributed by atoms with van der Waals surface area (Å²) in [4.78, 5) is 0.347. The maximum Gasteiger partial charge on any atom is 0.244 e. The molecule has 6 nitrogen and oxygen atoms in total. The number of nitrogens with one attached hydrogen (secondary N) is 1. The Bertz CT molecular complexity index is 538. The number of aromatic nitrogens is 1. The first-order valence-corrected chi connectivity index (χ1v) is 8.66. The molecule has 0 saturated heterocycles. The number of hydrogen-bond donors (Lipinski definition) is 1. The molecule has 0 amide bonds. The Kier molecular flexibility index (Phi) is 6.86. The summed E-state index contributed by atoms with van der Waals surface area (Å²) in [6.45, 7) is 7.87. The van der Waals surface area contributed by atoms with Crippen LogP contribution in [0.15, 0.2) is 17.2 Å². The number of ether oxygens (including phenoxy) is 1. The van der Waals surface area contributed by atoms with Crippen molar-refractivity contribution in [3.8, 4) is 0 Å². The molecule has 0 bridgehead atoms. The Hall–Kier alpha value is -0.890. The molecule has 0 atom stereocenters. The lowest BCUT2D eigenvalue weighted by Crippen LogP contribution is -2.39. The normalized spacial score (nSPS) is 12.5. The monoisotopic (exact) mass is 317 g/mol. The summed E-state index contributed by atoms with van der Waals surface area (Å²) in [6, 6.07) is 1.64. The van der Waals surface area contributed by atoms with Gasteiger partial charge < -0.3 is 14.6 Å². The molecule has 1 heterocycles. The highest BCUT2D eigenvalue weighted by Gasteiger charge is 2.28. The predicted octanol–water partition coefficient (Wildman–Crippen LogP) is 1.27. The van der Waals surface area contributed by atoms with Crippen LogP contribution in [0.5, 0.6) is 0 Å². The zero-order valence-electron chi connectivity index (χ0n) is 13.6. The summed E-state index contributed by atoms with van der Waals surface area (Å²) in [6.07, 6.45) is 1.71. The van der Waals surface area contributed by atoms with Crippen LogP contribution in [0.25, 0.3) is 0 Å². The molecule has 0 aliphatic rings. The first kappa shape index (κ1) is 18.2. The van der Waals surface area contributed by atoms with Crippen molar-refractivity contribution in [2.75, 3.05) is 27.3 Å². The quantitative estimate of drug-likeness (QED) is 0.745. The molecule has 0 aromatic carbocycles. The number of nitrogens with zero attached hydrogens (tertiary/aromatic N) is 2. The molecule has 0 radical (unpaired) electrons. The molecule has 1 N–H and O–H groups in total. The van der Waals surface area contributed by atoms with Gasteiger partial charge in [-0.1, -0.05) is 0 Å². The van der Waals surface area contributed by atoms with E-state index in [2.05, 4.69) is 5.32 Å². The van der Waals surface area contributed by atoms with E-state index < -0.39 is 10.0 Å². The third kappa shape index (κ3) is 4.29. The summed E-state index contributed by atoms with van der Waals surface area (Å²) >= 11 is 0. The van der Waals surface area contributed by atoms with Gasteiger partial charge in [-0.3, -0.25) is 0 Å². The van der Waals surface area contributed by atoms with Crippen LogP contribution in [-0.2, 0) is 27.8 Å². The Morgan fingerprint density at radius 1 is 1.43 bits per heavy atom. The minimum Gasteiger partial charge on any atom is -0.383 e. The van der Waals surface area contributed by atoms with E-state index in [9.17, 15) is 8.42 Å². The number of rotatable bonds is 9. The second-order valence-electron chi connectivity index (χ2n) is 5.19. The number of hydrogen-bond acceptors (Lipinski definition) is 4. The first-order chi connectivity index (χ1) is 9.88. The lowest BCUT2D eigenvalue weighted by atomic mass is 10.4. The van der Waals surface area contributed by atoms with Gasteiger partial charge in [-0.15, -0.1) is 0 Å². The Morgan fingerprint density at radius 3 is 2.57 bits per heavy atom. The van der Waals surface area contributed by atoms with Gasteiger partial charge in [0.1, 0.15) is 4.90 Å². The largest absolute Gasteiger partial charge is 0.383 e. The van der Waals surface area contributed by atoms with E-state index in [1.807, 2.05) is 32.4 Å². The molecule has 0 fully saturated rings. The maximum atomic E-state index is 12.8. The highest BCUT2D eigenvalue weighted by atomic mass is 32.2. The van der Waals surface area contributed by atoms with Crippen molar-refractivity contribution < 1.29 is 13.2 Å². The van der Waals surface area contributed by atoms with Gasteiger partial charge in [0.25, 0.3) is 0 Å². The molecule has 0 aliphatic heterocycles. The Balaban J connectivity index is 3.15. The van der Waals surface area contributed by atoms with Gasteiger partial charge in [0, 0.05) is 44.7 Å². The van der Waals surface area contributed by atoms with E-state index in [0.29, 0.717) is 24.6 Å². The predicted molar refractivity (Wildman–Crippen MR) is 83.8 cm³/mol. The number of aryl methyl sites for hydroxylation is 1. The van der Waals surface area contributed by atoms with Gasteiger partial charge in [-0.25, -0.2) is 8.42 Å². The van der Waals surface area contributed by atoms with E-state index in [4.69, 9.17) is 4.74 Å². The van der Waals surface area contributed by atoms with E-state index in [1.54, 1.807) is 19.4 Å². The van der Waals surface area contributed by atoms with Gasteiger partial charge in [0.15, 0.2) is 0 Å². The molecule has 0 saturated carbocycles. The third-order valence-corrected chi connectivity index (χ3v) is 5.40. The van der Waals surface area contributed by atoms with Gasteiger partial charge in [-0.05, 0) is 33.9 Å². The summed E-state index contributed by atoms with van der Waals surface area (Å²) in [5.74, 6) is 0. The Labute approximate surface area is 128 Å². The van der Waals surface area contributed by atoms with E-state index in [0.717, 1.165) is 12.2 Å². The topological polar surface area (TPSA) is 63.6 Å². The van der Waals surface area contributed by atoms with Crippen LogP contribution in [-0.4, -0.2) is 50.6 Å². The second-order valence-corrected chi connectivity index (χ2v) is 7.08. The van der Waals surface area contributed by atoms with Crippen molar-refractivity contribution in [1.82, 2.24) is 14.2 Å². The molecular formula is C14H27N3O3S. The molecule has 0 aliphatic carbocycles. The maximum absolute atomic E-state index is 12.8. The van der Waals surface area contributed by atoms with Crippen LogP contribution in [0.3, 0.4) is 0 Å². The molecule has 1 aromatic heterocycles. The Morgan fingerprint density at radius 2 is 2.10 bits per heavy atom. The minimum absolute atomic E-state index is 0.108.